The van der Waals surface area contributed by atoms with E-state index in [2.05, 4.69) is 5.32 Å². The molecule has 110 valence electrons. The predicted octanol–water partition coefficient (Wildman–Crippen LogP) is 4.42. The van der Waals surface area contributed by atoms with E-state index < -0.39 is 0 Å². The lowest BCUT2D eigenvalue weighted by molar-refractivity contribution is 0.273. The molecule has 0 saturated heterocycles. The molecule has 3 rings (SSSR count). The molecule has 0 amide bonds. The Bertz CT molecular complexity index is 663. The first-order valence-corrected chi connectivity index (χ1v) is 7.07. The highest BCUT2D eigenvalue weighted by molar-refractivity contribution is 6.30. The van der Waals surface area contributed by atoms with Gasteiger partial charge in [0.15, 0.2) is 0 Å². The smallest absolute Gasteiger partial charge is 0.146 e. The quantitative estimate of drug-likeness (QED) is 0.910. The van der Waals surface area contributed by atoms with Gasteiger partial charge in [-0.15, -0.1) is 0 Å². The zero-order valence-electron chi connectivity index (χ0n) is 11.5. The molecule has 1 aliphatic heterocycles. The van der Waals surface area contributed by atoms with Gasteiger partial charge in [-0.1, -0.05) is 11.6 Å². The fourth-order valence-electron chi connectivity index (χ4n) is 2.45. The fraction of sp³-hybridized carbons (Fsp3) is 0.250. The Labute approximate surface area is 127 Å². The van der Waals surface area contributed by atoms with Crippen LogP contribution in [0, 0.1) is 5.82 Å². The molecule has 0 bridgehead atoms. The summed E-state index contributed by atoms with van der Waals surface area (Å²) in [5.74, 6) is 1.22. The van der Waals surface area contributed by atoms with Crippen molar-refractivity contribution in [2.75, 3.05) is 19.0 Å². The average molecular weight is 308 g/mol. The predicted molar refractivity (Wildman–Crippen MR) is 80.9 cm³/mol. The van der Waals surface area contributed by atoms with Crippen LogP contribution in [0.25, 0.3) is 0 Å². The normalized spacial score (nSPS) is 16.8. The summed E-state index contributed by atoms with van der Waals surface area (Å²) in [5, 5.41) is 3.70. The fourth-order valence-corrected chi connectivity index (χ4v) is 2.62. The van der Waals surface area contributed by atoms with Crippen LogP contribution in [0.2, 0.25) is 5.02 Å². The van der Waals surface area contributed by atoms with E-state index in [1.807, 2.05) is 18.2 Å². The third kappa shape index (κ3) is 2.90. The number of fused-ring (bicyclic) bond motifs is 1. The second kappa shape index (κ2) is 5.82. The van der Waals surface area contributed by atoms with Crippen LogP contribution in [-0.2, 0) is 0 Å². The molecule has 3 nitrogen and oxygen atoms in total. The van der Waals surface area contributed by atoms with E-state index in [0.29, 0.717) is 17.3 Å². The van der Waals surface area contributed by atoms with Gasteiger partial charge in [-0.05, 0) is 36.4 Å². The zero-order valence-corrected chi connectivity index (χ0v) is 12.3. The Morgan fingerprint density at radius 2 is 2.14 bits per heavy atom. The minimum absolute atomic E-state index is 0.0446. The lowest BCUT2D eigenvalue weighted by atomic mass is 10.00. The Balaban J connectivity index is 1.92. The molecule has 1 unspecified atom stereocenters. The minimum Gasteiger partial charge on any atom is -0.497 e. The van der Waals surface area contributed by atoms with Crippen molar-refractivity contribution in [3.63, 3.8) is 0 Å². The number of ether oxygens (including phenoxy) is 2. The van der Waals surface area contributed by atoms with Gasteiger partial charge in [0.2, 0.25) is 0 Å². The first-order valence-electron chi connectivity index (χ1n) is 6.69. The molecule has 0 aliphatic carbocycles. The number of rotatable bonds is 3. The number of hydrogen-bond donors (Lipinski definition) is 1. The van der Waals surface area contributed by atoms with Crippen molar-refractivity contribution in [1.29, 1.82) is 0 Å². The number of anilines is 1. The van der Waals surface area contributed by atoms with Crippen molar-refractivity contribution >= 4 is 17.3 Å². The Kier molecular flexibility index (Phi) is 3.88. The topological polar surface area (TPSA) is 30.5 Å². The third-order valence-electron chi connectivity index (χ3n) is 3.51. The first kappa shape index (κ1) is 14.0. The monoisotopic (exact) mass is 307 g/mol. The molecule has 0 spiro atoms. The highest BCUT2D eigenvalue weighted by Gasteiger charge is 2.23. The Morgan fingerprint density at radius 3 is 2.95 bits per heavy atom. The summed E-state index contributed by atoms with van der Waals surface area (Å²) < 4.78 is 24.7. The standard InChI is InChI=1S/C16H15ClFNO2/c1-20-11-3-5-16-12(9-11)14(6-7-21-16)19-15-8-10(17)2-4-13(15)18/h2-5,8-9,14,19H,6-7H2,1H3. The van der Waals surface area contributed by atoms with Crippen molar-refractivity contribution in [2.24, 2.45) is 0 Å². The van der Waals surface area contributed by atoms with Gasteiger partial charge in [-0.3, -0.25) is 0 Å². The lowest BCUT2D eigenvalue weighted by Crippen LogP contribution is -2.21. The Hall–Kier alpha value is -1.94. The molecule has 2 aromatic carbocycles. The third-order valence-corrected chi connectivity index (χ3v) is 3.75. The molecule has 0 radical (unpaired) electrons. The summed E-state index contributed by atoms with van der Waals surface area (Å²) in [6.07, 6.45) is 0.742. The maximum Gasteiger partial charge on any atom is 0.146 e. The van der Waals surface area contributed by atoms with Crippen LogP contribution in [0.15, 0.2) is 36.4 Å². The minimum atomic E-state index is -0.324. The molecule has 1 heterocycles. The maximum atomic E-state index is 13.9. The summed E-state index contributed by atoms with van der Waals surface area (Å²) in [5.41, 5.74) is 1.35. The molecule has 0 saturated carbocycles. The lowest BCUT2D eigenvalue weighted by Gasteiger charge is -2.28. The van der Waals surface area contributed by atoms with Crippen LogP contribution in [0.5, 0.6) is 11.5 Å². The molecule has 0 aromatic heterocycles. The Morgan fingerprint density at radius 1 is 1.29 bits per heavy atom. The SMILES string of the molecule is COc1ccc2c(c1)C(Nc1cc(Cl)ccc1F)CCO2. The number of methoxy groups -OCH3 is 1. The van der Waals surface area contributed by atoms with Crippen molar-refractivity contribution in [2.45, 2.75) is 12.5 Å². The van der Waals surface area contributed by atoms with E-state index in [1.165, 1.54) is 12.1 Å². The number of hydrogen-bond acceptors (Lipinski definition) is 3. The molecule has 1 atom stereocenters. The van der Waals surface area contributed by atoms with Gasteiger partial charge in [0, 0.05) is 17.0 Å². The van der Waals surface area contributed by atoms with Crippen LogP contribution in [0.4, 0.5) is 10.1 Å². The highest BCUT2D eigenvalue weighted by Crippen LogP contribution is 2.37. The van der Waals surface area contributed by atoms with Crippen LogP contribution >= 0.6 is 11.6 Å². The molecule has 0 fully saturated rings. The zero-order chi connectivity index (χ0) is 14.8. The molecule has 5 heteroatoms. The van der Waals surface area contributed by atoms with E-state index in [9.17, 15) is 4.39 Å². The van der Waals surface area contributed by atoms with E-state index in [4.69, 9.17) is 21.1 Å². The van der Waals surface area contributed by atoms with Crippen LogP contribution < -0.4 is 14.8 Å². The second-order valence-corrected chi connectivity index (χ2v) is 5.30. The van der Waals surface area contributed by atoms with Gasteiger partial charge < -0.3 is 14.8 Å². The average Bonchev–Trinajstić information content (AvgIpc) is 2.51. The number of nitrogens with one attached hydrogen (secondary N) is 1. The van der Waals surface area contributed by atoms with Crippen molar-refractivity contribution in [3.8, 4) is 11.5 Å². The van der Waals surface area contributed by atoms with E-state index in [0.717, 1.165) is 23.5 Å². The van der Waals surface area contributed by atoms with Gasteiger partial charge in [-0.2, -0.15) is 0 Å². The summed E-state index contributed by atoms with van der Waals surface area (Å²) >= 11 is 5.93. The van der Waals surface area contributed by atoms with Crippen molar-refractivity contribution in [3.05, 3.63) is 52.8 Å². The molecular weight excluding hydrogens is 293 g/mol. The van der Waals surface area contributed by atoms with Crippen LogP contribution in [0.1, 0.15) is 18.0 Å². The summed E-state index contributed by atoms with van der Waals surface area (Å²) in [4.78, 5) is 0. The maximum absolute atomic E-state index is 13.9. The van der Waals surface area contributed by atoms with E-state index in [-0.39, 0.29) is 11.9 Å². The highest BCUT2D eigenvalue weighted by atomic mass is 35.5. The van der Waals surface area contributed by atoms with Gasteiger partial charge in [0.1, 0.15) is 17.3 Å². The second-order valence-electron chi connectivity index (χ2n) is 4.86. The summed E-state index contributed by atoms with van der Waals surface area (Å²) in [7, 11) is 1.62. The summed E-state index contributed by atoms with van der Waals surface area (Å²) in [6.45, 7) is 0.583. The van der Waals surface area contributed by atoms with Gasteiger partial charge in [0.25, 0.3) is 0 Å². The van der Waals surface area contributed by atoms with Crippen molar-refractivity contribution < 1.29 is 13.9 Å². The number of halogens is 2. The van der Waals surface area contributed by atoms with Gasteiger partial charge >= 0.3 is 0 Å². The van der Waals surface area contributed by atoms with E-state index in [1.54, 1.807) is 13.2 Å². The van der Waals surface area contributed by atoms with Gasteiger partial charge in [-0.25, -0.2) is 4.39 Å². The molecule has 1 N–H and O–H groups in total. The van der Waals surface area contributed by atoms with Gasteiger partial charge in [0.05, 0.1) is 25.4 Å². The first-order chi connectivity index (χ1) is 10.2. The molecular formula is C16H15ClFNO2. The van der Waals surface area contributed by atoms with E-state index >= 15 is 0 Å². The summed E-state index contributed by atoms with van der Waals surface area (Å²) in [6, 6.07) is 10.1. The molecule has 1 aliphatic rings. The van der Waals surface area contributed by atoms with Crippen LogP contribution in [-0.4, -0.2) is 13.7 Å². The number of benzene rings is 2. The molecule has 2 aromatic rings. The molecule has 21 heavy (non-hydrogen) atoms. The van der Waals surface area contributed by atoms with Crippen molar-refractivity contribution in [1.82, 2.24) is 0 Å². The van der Waals surface area contributed by atoms with Crippen LogP contribution in [0.3, 0.4) is 0 Å². The largest absolute Gasteiger partial charge is 0.497 e.